The Labute approximate surface area is 117 Å². The lowest BCUT2D eigenvalue weighted by Gasteiger charge is -2.16. The molecule has 0 aromatic carbocycles. The summed E-state index contributed by atoms with van der Waals surface area (Å²) in [6, 6.07) is 3.56. The number of amides is 1. The minimum absolute atomic E-state index is 0.105. The summed E-state index contributed by atoms with van der Waals surface area (Å²) in [4.78, 5) is 29.6. The number of carboxylic acids is 1. The van der Waals surface area contributed by atoms with E-state index < -0.39 is 11.9 Å². The Morgan fingerprint density at radius 2 is 2.05 bits per heavy atom. The number of carboxylic acid groups (broad SMARTS) is 1. The monoisotopic (exact) mass is 274 g/mol. The number of rotatable bonds is 3. The molecule has 1 aliphatic carbocycles. The van der Waals surface area contributed by atoms with E-state index in [1.165, 1.54) is 0 Å². The molecule has 106 valence electrons. The third-order valence-electron chi connectivity index (χ3n) is 4.36. The Kier molecular flexibility index (Phi) is 3.20. The fraction of sp³-hybridized carbons (Fsp3) is 0.533. The molecule has 0 radical (unpaired) electrons. The predicted octanol–water partition coefficient (Wildman–Crippen LogP) is 1.57. The van der Waals surface area contributed by atoms with Crippen molar-refractivity contribution in [3.8, 4) is 0 Å². The van der Waals surface area contributed by atoms with Gasteiger partial charge in [-0.05, 0) is 43.7 Å². The highest BCUT2D eigenvalue weighted by Gasteiger charge is 2.46. The van der Waals surface area contributed by atoms with E-state index in [-0.39, 0.29) is 11.8 Å². The Hall–Kier alpha value is -1.91. The highest BCUT2D eigenvalue weighted by Crippen LogP contribution is 2.44. The zero-order chi connectivity index (χ0) is 14.3. The Bertz CT molecular complexity index is 537. The standard InChI is InChI=1S/C15H18N2O3/c1-9-2-3-11(6-16-9)14(18)17-7-12(10-4-5-10)13(8-17)15(19)20/h2-3,6,10,12-13H,4-5,7-8H2,1H3,(H,19,20)/t12-,13+/m1/s1. The maximum absolute atomic E-state index is 12.4. The number of aryl methyl sites for hydroxylation is 1. The van der Waals surface area contributed by atoms with E-state index in [4.69, 9.17) is 0 Å². The molecule has 2 aliphatic rings. The minimum atomic E-state index is -0.778. The second-order valence-corrected chi connectivity index (χ2v) is 5.84. The molecule has 1 aromatic heterocycles. The largest absolute Gasteiger partial charge is 0.481 e. The maximum atomic E-state index is 12.4. The number of nitrogens with zero attached hydrogens (tertiary/aromatic N) is 2. The van der Waals surface area contributed by atoms with E-state index in [9.17, 15) is 14.7 Å². The van der Waals surface area contributed by atoms with Crippen LogP contribution in [-0.4, -0.2) is 40.0 Å². The number of carbonyl (C=O) groups excluding carboxylic acids is 1. The van der Waals surface area contributed by atoms with E-state index in [2.05, 4.69) is 4.98 Å². The third-order valence-corrected chi connectivity index (χ3v) is 4.36. The lowest BCUT2D eigenvalue weighted by Crippen LogP contribution is -2.30. The van der Waals surface area contributed by atoms with Crippen molar-refractivity contribution in [2.45, 2.75) is 19.8 Å². The SMILES string of the molecule is Cc1ccc(C(=O)N2C[C@H](C(=O)O)[C@@H](C3CC3)C2)cn1. The zero-order valence-electron chi connectivity index (χ0n) is 11.5. The molecular formula is C15H18N2O3. The number of carbonyl (C=O) groups is 2. The molecule has 1 N–H and O–H groups in total. The van der Waals surface area contributed by atoms with Crippen LogP contribution in [0.2, 0.25) is 0 Å². The molecule has 5 heteroatoms. The topological polar surface area (TPSA) is 70.5 Å². The summed E-state index contributed by atoms with van der Waals surface area (Å²) in [5, 5.41) is 9.32. The predicted molar refractivity (Wildman–Crippen MR) is 72.2 cm³/mol. The summed E-state index contributed by atoms with van der Waals surface area (Å²) in [7, 11) is 0. The van der Waals surface area contributed by atoms with Gasteiger partial charge in [-0.1, -0.05) is 0 Å². The van der Waals surface area contributed by atoms with Gasteiger partial charge in [-0.15, -0.1) is 0 Å². The average molecular weight is 274 g/mol. The summed E-state index contributed by atoms with van der Waals surface area (Å²) >= 11 is 0. The van der Waals surface area contributed by atoms with E-state index in [1.54, 1.807) is 23.2 Å². The van der Waals surface area contributed by atoms with Crippen molar-refractivity contribution in [1.82, 2.24) is 9.88 Å². The van der Waals surface area contributed by atoms with Crippen LogP contribution in [0.4, 0.5) is 0 Å². The van der Waals surface area contributed by atoms with Gasteiger partial charge >= 0.3 is 5.97 Å². The summed E-state index contributed by atoms with van der Waals surface area (Å²) in [5.41, 5.74) is 1.40. The first kappa shape index (κ1) is 13.1. The average Bonchev–Trinajstić information content (AvgIpc) is 3.17. The second-order valence-electron chi connectivity index (χ2n) is 5.84. The van der Waals surface area contributed by atoms with Gasteiger partial charge in [-0.2, -0.15) is 0 Å². The first-order valence-electron chi connectivity index (χ1n) is 7.01. The van der Waals surface area contributed by atoms with E-state index in [0.717, 1.165) is 18.5 Å². The van der Waals surface area contributed by atoms with E-state index in [1.807, 2.05) is 6.92 Å². The van der Waals surface area contributed by atoms with Crippen molar-refractivity contribution in [2.75, 3.05) is 13.1 Å². The first-order valence-corrected chi connectivity index (χ1v) is 7.01. The molecule has 1 saturated heterocycles. The molecule has 1 amide bonds. The van der Waals surface area contributed by atoms with Crippen LogP contribution < -0.4 is 0 Å². The Balaban J connectivity index is 1.76. The van der Waals surface area contributed by atoms with Crippen LogP contribution in [0.15, 0.2) is 18.3 Å². The summed E-state index contributed by atoms with van der Waals surface area (Å²) in [6.45, 7) is 2.76. The van der Waals surface area contributed by atoms with Crippen molar-refractivity contribution in [3.05, 3.63) is 29.6 Å². The van der Waals surface area contributed by atoms with Crippen LogP contribution in [0.3, 0.4) is 0 Å². The quantitative estimate of drug-likeness (QED) is 0.908. The third kappa shape index (κ3) is 2.40. The fourth-order valence-electron chi connectivity index (χ4n) is 3.04. The summed E-state index contributed by atoms with van der Waals surface area (Å²) in [5.74, 6) is -0.684. The molecule has 1 aromatic rings. The molecule has 0 unspecified atom stereocenters. The zero-order valence-corrected chi connectivity index (χ0v) is 11.5. The highest BCUT2D eigenvalue weighted by molar-refractivity contribution is 5.94. The van der Waals surface area contributed by atoms with Crippen LogP contribution in [-0.2, 0) is 4.79 Å². The summed E-state index contributed by atoms with van der Waals surface area (Å²) < 4.78 is 0. The van der Waals surface area contributed by atoms with Gasteiger partial charge in [0.1, 0.15) is 0 Å². The molecule has 0 spiro atoms. The van der Waals surface area contributed by atoms with E-state index in [0.29, 0.717) is 24.6 Å². The first-order chi connectivity index (χ1) is 9.56. The maximum Gasteiger partial charge on any atom is 0.308 e. The number of pyridine rings is 1. The molecule has 3 rings (SSSR count). The van der Waals surface area contributed by atoms with Crippen LogP contribution in [0.25, 0.3) is 0 Å². The van der Waals surface area contributed by atoms with Crippen molar-refractivity contribution in [3.63, 3.8) is 0 Å². The van der Waals surface area contributed by atoms with Gasteiger partial charge in [-0.25, -0.2) is 0 Å². The second kappa shape index (κ2) is 4.89. The van der Waals surface area contributed by atoms with Crippen molar-refractivity contribution in [2.24, 2.45) is 17.8 Å². The van der Waals surface area contributed by atoms with E-state index >= 15 is 0 Å². The molecule has 1 saturated carbocycles. The lowest BCUT2D eigenvalue weighted by atomic mass is 9.92. The number of likely N-dealkylation sites (tertiary alicyclic amines) is 1. The molecule has 2 heterocycles. The lowest BCUT2D eigenvalue weighted by molar-refractivity contribution is -0.142. The van der Waals surface area contributed by atoms with Gasteiger partial charge in [0.15, 0.2) is 0 Å². The molecule has 1 aliphatic heterocycles. The van der Waals surface area contributed by atoms with Crippen molar-refractivity contribution < 1.29 is 14.7 Å². The molecule has 20 heavy (non-hydrogen) atoms. The van der Waals surface area contributed by atoms with Crippen LogP contribution in [0, 0.1) is 24.7 Å². The molecule has 0 bridgehead atoms. The van der Waals surface area contributed by atoms with Gasteiger partial charge in [0, 0.05) is 25.0 Å². The van der Waals surface area contributed by atoms with Crippen LogP contribution in [0.1, 0.15) is 28.9 Å². The smallest absolute Gasteiger partial charge is 0.308 e. The van der Waals surface area contributed by atoms with Gasteiger partial charge in [0.05, 0.1) is 11.5 Å². The molecule has 2 fully saturated rings. The van der Waals surface area contributed by atoms with Crippen LogP contribution in [0.5, 0.6) is 0 Å². The highest BCUT2D eigenvalue weighted by atomic mass is 16.4. The van der Waals surface area contributed by atoms with Crippen molar-refractivity contribution >= 4 is 11.9 Å². The van der Waals surface area contributed by atoms with Crippen LogP contribution >= 0.6 is 0 Å². The fourth-order valence-corrected chi connectivity index (χ4v) is 3.04. The number of hydrogen-bond acceptors (Lipinski definition) is 3. The molecule has 5 nitrogen and oxygen atoms in total. The number of aromatic nitrogens is 1. The molecular weight excluding hydrogens is 256 g/mol. The number of aliphatic carboxylic acids is 1. The Morgan fingerprint density at radius 3 is 2.60 bits per heavy atom. The summed E-state index contributed by atoms with van der Waals surface area (Å²) in [6.07, 6.45) is 3.77. The molecule has 2 atom stereocenters. The normalized spacial score (nSPS) is 25.8. The van der Waals surface area contributed by atoms with Gasteiger partial charge in [-0.3, -0.25) is 14.6 Å². The van der Waals surface area contributed by atoms with Crippen molar-refractivity contribution in [1.29, 1.82) is 0 Å². The van der Waals surface area contributed by atoms with Gasteiger partial charge in [0.25, 0.3) is 5.91 Å². The number of hydrogen-bond donors (Lipinski definition) is 1. The van der Waals surface area contributed by atoms with Gasteiger partial charge < -0.3 is 10.0 Å². The Morgan fingerprint density at radius 1 is 1.30 bits per heavy atom. The van der Waals surface area contributed by atoms with Gasteiger partial charge in [0.2, 0.25) is 0 Å². The minimum Gasteiger partial charge on any atom is -0.481 e.